The van der Waals surface area contributed by atoms with Gasteiger partial charge < -0.3 is 5.32 Å². The van der Waals surface area contributed by atoms with Crippen molar-refractivity contribution in [3.63, 3.8) is 0 Å². The lowest BCUT2D eigenvalue weighted by Gasteiger charge is -2.25. The van der Waals surface area contributed by atoms with Crippen molar-refractivity contribution >= 4 is 11.7 Å². The number of pyridine rings is 1. The van der Waals surface area contributed by atoms with Gasteiger partial charge in [0, 0.05) is 24.7 Å². The van der Waals surface area contributed by atoms with Crippen molar-refractivity contribution in [1.82, 2.24) is 14.8 Å². The zero-order chi connectivity index (χ0) is 16.5. The highest BCUT2D eigenvalue weighted by atomic mass is 16.2. The molecule has 3 heterocycles. The summed E-state index contributed by atoms with van der Waals surface area (Å²) in [5, 5.41) is 5.95. The first kappa shape index (κ1) is 15.2. The normalized spacial score (nSPS) is 21.8. The van der Waals surface area contributed by atoms with Crippen LogP contribution in [0.25, 0.3) is 0 Å². The number of amides is 1. The summed E-state index contributed by atoms with van der Waals surface area (Å²) in [7, 11) is 0. The molecule has 2 aromatic heterocycles. The SMILES string of the molecule is O=C1CC(c2ccncc2)c2c(n(C3CCCCCC3)[nH]c2=O)N1. The highest BCUT2D eigenvalue weighted by Gasteiger charge is 2.34. The largest absolute Gasteiger partial charge is 0.311 e. The molecule has 1 fully saturated rings. The molecule has 2 aromatic rings. The maximum Gasteiger partial charge on any atom is 0.270 e. The molecule has 24 heavy (non-hydrogen) atoms. The molecule has 0 aromatic carbocycles. The molecule has 2 N–H and O–H groups in total. The minimum Gasteiger partial charge on any atom is -0.311 e. The van der Waals surface area contributed by atoms with Gasteiger partial charge in [-0.3, -0.25) is 24.4 Å². The Bertz CT molecular complexity index is 785. The lowest BCUT2D eigenvalue weighted by Crippen LogP contribution is -2.27. The van der Waals surface area contributed by atoms with Gasteiger partial charge in [0.25, 0.3) is 5.56 Å². The lowest BCUT2D eigenvalue weighted by atomic mass is 9.88. The number of rotatable bonds is 2. The Kier molecular flexibility index (Phi) is 3.96. The molecular formula is C18H22N4O2. The first-order valence-corrected chi connectivity index (χ1v) is 8.78. The topological polar surface area (TPSA) is 79.8 Å². The summed E-state index contributed by atoms with van der Waals surface area (Å²) in [5.41, 5.74) is 1.56. The number of fused-ring (bicyclic) bond motifs is 1. The molecule has 1 aliphatic heterocycles. The smallest absolute Gasteiger partial charge is 0.270 e. The number of aromatic nitrogens is 3. The first-order chi connectivity index (χ1) is 11.7. The predicted octanol–water partition coefficient (Wildman–Crippen LogP) is 2.94. The maximum absolute atomic E-state index is 12.7. The van der Waals surface area contributed by atoms with E-state index in [0.717, 1.165) is 18.4 Å². The van der Waals surface area contributed by atoms with Crippen LogP contribution < -0.4 is 10.9 Å². The third kappa shape index (κ3) is 2.66. The first-order valence-electron chi connectivity index (χ1n) is 8.78. The molecule has 1 aliphatic carbocycles. The van der Waals surface area contributed by atoms with Crippen LogP contribution in [0.15, 0.2) is 29.3 Å². The number of nitrogens with zero attached hydrogens (tertiary/aromatic N) is 2. The summed E-state index contributed by atoms with van der Waals surface area (Å²) in [4.78, 5) is 29.0. The van der Waals surface area contributed by atoms with Gasteiger partial charge >= 0.3 is 0 Å². The molecule has 6 heteroatoms. The van der Waals surface area contributed by atoms with Crippen LogP contribution in [0.4, 0.5) is 5.82 Å². The highest BCUT2D eigenvalue weighted by Crippen LogP contribution is 2.37. The molecule has 0 bridgehead atoms. The molecular weight excluding hydrogens is 304 g/mol. The van der Waals surface area contributed by atoms with Crippen LogP contribution in [0, 0.1) is 0 Å². The number of hydrogen-bond donors (Lipinski definition) is 2. The van der Waals surface area contributed by atoms with Crippen molar-refractivity contribution in [2.45, 2.75) is 56.9 Å². The minimum atomic E-state index is -0.201. The second-order valence-electron chi connectivity index (χ2n) is 6.80. The second-order valence-corrected chi connectivity index (χ2v) is 6.80. The van der Waals surface area contributed by atoms with E-state index in [2.05, 4.69) is 15.4 Å². The Morgan fingerprint density at radius 3 is 2.46 bits per heavy atom. The van der Waals surface area contributed by atoms with Crippen molar-refractivity contribution in [1.29, 1.82) is 0 Å². The monoisotopic (exact) mass is 326 g/mol. The predicted molar refractivity (Wildman–Crippen MR) is 91.1 cm³/mol. The van der Waals surface area contributed by atoms with Crippen LogP contribution in [0.2, 0.25) is 0 Å². The standard InChI is InChI=1S/C18H22N4O2/c23-15-11-14(12-7-9-19-10-8-12)16-17(20-15)22(21-18(16)24)13-5-3-1-2-4-6-13/h7-10,13-14H,1-6,11H2,(H,20,23)(H,21,24). The van der Waals surface area contributed by atoms with Crippen LogP contribution in [0.1, 0.15) is 68.0 Å². The molecule has 126 valence electrons. The summed E-state index contributed by atoms with van der Waals surface area (Å²) in [6, 6.07) is 4.03. The number of hydrogen-bond acceptors (Lipinski definition) is 3. The van der Waals surface area contributed by atoms with Crippen LogP contribution in [-0.4, -0.2) is 20.7 Å². The lowest BCUT2D eigenvalue weighted by molar-refractivity contribution is -0.116. The van der Waals surface area contributed by atoms with Gasteiger partial charge in [0.05, 0.1) is 11.6 Å². The average molecular weight is 326 g/mol. The molecule has 0 spiro atoms. The fourth-order valence-electron chi connectivity index (χ4n) is 4.05. The van der Waals surface area contributed by atoms with Crippen molar-refractivity contribution in [2.75, 3.05) is 5.32 Å². The van der Waals surface area contributed by atoms with Crippen LogP contribution in [0.3, 0.4) is 0 Å². The maximum atomic E-state index is 12.7. The Balaban J connectivity index is 1.78. The number of anilines is 1. The quantitative estimate of drug-likeness (QED) is 0.833. The Labute approximate surface area is 140 Å². The number of H-pyrrole nitrogens is 1. The van der Waals surface area contributed by atoms with E-state index in [9.17, 15) is 9.59 Å². The van der Waals surface area contributed by atoms with Crippen molar-refractivity contribution in [3.8, 4) is 0 Å². The van der Waals surface area contributed by atoms with E-state index in [-0.39, 0.29) is 23.4 Å². The van der Waals surface area contributed by atoms with Gasteiger partial charge in [-0.1, -0.05) is 25.7 Å². The summed E-state index contributed by atoms with van der Waals surface area (Å²) in [6.07, 6.45) is 10.6. The molecule has 4 rings (SSSR count). The van der Waals surface area contributed by atoms with Gasteiger partial charge in [-0.2, -0.15) is 0 Å². The number of aromatic amines is 1. The van der Waals surface area contributed by atoms with Gasteiger partial charge in [-0.15, -0.1) is 0 Å². The van der Waals surface area contributed by atoms with E-state index in [4.69, 9.17) is 0 Å². The van der Waals surface area contributed by atoms with Gasteiger partial charge in [-0.05, 0) is 30.5 Å². The fourth-order valence-corrected chi connectivity index (χ4v) is 4.05. The average Bonchev–Trinajstić information content (AvgIpc) is 2.79. The summed E-state index contributed by atoms with van der Waals surface area (Å²) in [6.45, 7) is 0. The molecule has 1 amide bonds. The van der Waals surface area contributed by atoms with Crippen molar-refractivity contribution < 1.29 is 4.79 Å². The zero-order valence-electron chi connectivity index (χ0n) is 13.6. The minimum absolute atomic E-state index is 0.0364. The molecule has 1 saturated carbocycles. The number of carbonyl (C=O) groups is 1. The Hall–Kier alpha value is -2.37. The van der Waals surface area contributed by atoms with Gasteiger partial charge in [-0.25, -0.2) is 0 Å². The van der Waals surface area contributed by atoms with E-state index in [0.29, 0.717) is 17.8 Å². The van der Waals surface area contributed by atoms with Crippen LogP contribution >= 0.6 is 0 Å². The van der Waals surface area contributed by atoms with Crippen molar-refractivity contribution in [2.24, 2.45) is 0 Å². The Morgan fingerprint density at radius 2 is 1.75 bits per heavy atom. The van der Waals surface area contributed by atoms with Crippen LogP contribution in [0.5, 0.6) is 0 Å². The van der Waals surface area contributed by atoms with Crippen LogP contribution in [-0.2, 0) is 4.79 Å². The molecule has 0 radical (unpaired) electrons. The van der Waals surface area contributed by atoms with E-state index in [1.807, 2.05) is 16.8 Å². The third-order valence-corrected chi connectivity index (χ3v) is 5.26. The molecule has 2 aliphatic rings. The summed E-state index contributed by atoms with van der Waals surface area (Å²) in [5.74, 6) is 0.433. The molecule has 1 unspecified atom stereocenters. The van der Waals surface area contributed by atoms with E-state index >= 15 is 0 Å². The Morgan fingerprint density at radius 1 is 1.04 bits per heavy atom. The summed E-state index contributed by atoms with van der Waals surface area (Å²) < 4.78 is 1.92. The fraction of sp³-hybridized carbons (Fsp3) is 0.500. The van der Waals surface area contributed by atoms with Gasteiger partial charge in [0.15, 0.2) is 0 Å². The highest BCUT2D eigenvalue weighted by molar-refractivity contribution is 5.94. The molecule has 1 atom stereocenters. The zero-order valence-corrected chi connectivity index (χ0v) is 13.6. The number of nitrogens with one attached hydrogen (secondary N) is 2. The third-order valence-electron chi connectivity index (χ3n) is 5.26. The van der Waals surface area contributed by atoms with Gasteiger partial charge in [0.2, 0.25) is 5.91 Å². The van der Waals surface area contributed by atoms with Gasteiger partial charge in [0.1, 0.15) is 5.82 Å². The van der Waals surface area contributed by atoms with E-state index in [1.54, 1.807) is 12.4 Å². The molecule has 6 nitrogen and oxygen atoms in total. The van der Waals surface area contributed by atoms with Crippen molar-refractivity contribution in [3.05, 3.63) is 46.0 Å². The number of carbonyl (C=O) groups excluding carboxylic acids is 1. The van der Waals surface area contributed by atoms with E-state index in [1.165, 1.54) is 25.7 Å². The second kappa shape index (κ2) is 6.26. The summed E-state index contributed by atoms with van der Waals surface area (Å²) >= 11 is 0. The molecule has 0 saturated heterocycles. The van der Waals surface area contributed by atoms with E-state index < -0.39 is 0 Å².